The van der Waals surface area contributed by atoms with E-state index >= 15 is 0 Å². The minimum atomic E-state index is -2.96. The predicted molar refractivity (Wildman–Crippen MR) is 48.8 cm³/mol. The molecule has 0 aromatic rings. The van der Waals surface area contributed by atoms with Crippen LogP contribution in [0.4, 0.5) is 8.78 Å². The van der Waals surface area contributed by atoms with Crippen LogP contribution in [-0.2, 0) is 14.3 Å². The molecule has 0 bridgehead atoms. The van der Waals surface area contributed by atoms with Crippen LogP contribution in [-0.4, -0.2) is 56.2 Å². The van der Waals surface area contributed by atoms with Crippen LogP contribution in [0.2, 0.25) is 0 Å². The van der Waals surface area contributed by atoms with Crippen LogP contribution in [0.25, 0.3) is 0 Å². The van der Waals surface area contributed by atoms with Crippen LogP contribution >= 0.6 is 0 Å². The van der Waals surface area contributed by atoms with Gasteiger partial charge >= 0.3 is 5.97 Å². The Morgan fingerprint density at radius 2 is 2.07 bits per heavy atom. The average Bonchev–Trinajstić information content (AvgIpc) is 2.15. The number of alkyl halides is 2. The van der Waals surface area contributed by atoms with Gasteiger partial charge in [-0.3, -0.25) is 9.69 Å². The SMILES string of the molecule is CC(F)(F)COC(=O)CN1CCOCC1. The molecule has 0 atom stereocenters. The monoisotopic (exact) mass is 223 g/mol. The quantitative estimate of drug-likeness (QED) is 0.651. The van der Waals surface area contributed by atoms with Crippen LogP contribution in [0.3, 0.4) is 0 Å². The average molecular weight is 223 g/mol. The molecule has 1 aliphatic heterocycles. The van der Waals surface area contributed by atoms with Gasteiger partial charge in [0.2, 0.25) is 0 Å². The highest BCUT2D eigenvalue weighted by Crippen LogP contribution is 2.11. The highest BCUT2D eigenvalue weighted by molar-refractivity contribution is 5.71. The molecule has 0 aliphatic carbocycles. The van der Waals surface area contributed by atoms with Gasteiger partial charge in [-0.2, -0.15) is 0 Å². The van der Waals surface area contributed by atoms with Crippen molar-refractivity contribution in [2.45, 2.75) is 12.8 Å². The van der Waals surface area contributed by atoms with Crippen LogP contribution in [0.5, 0.6) is 0 Å². The van der Waals surface area contributed by atoms with Gasteiger partial charge in [-0.1, -0.05) is 0 Å². The molecule has 0 saturated carbocycles. The number of halogens is 2. The molecule has 1 heterocycles. The Bertz CT molecular complexity index is 212. The summed E-state index contributed by atoms with van der Waals surface area (Å²) >= 11 is 0. The minimum Gasteiger partial charge on any atom is -0.458 e. The molecular weight excluding hydrogens is 208 g/mol. The molecule has 1 aliphatic rings. The van der Waals surface area contributed by atoms with Crippen LogP contribution in [0.1, 0.15) is 6.92 Å². The fraction of sp³-hybridized carbons (Fsp3) is 0.889. The maximum absolute atomic E-state index is 12.4. The fourth-order valence-electron chi connectivity index (χ4n) is 1.19. The van der Waals surface area contributed by atoms with Gasteiger partial charge in [0.25, 0.3) is 5.92 Å². The first-order valence-corrected chi connectivity index (χ1v) is 4.81. The lowest BCUT2D eigenvalue weighted by atomic mass is 10.4. The molecule has 4 nitrogen and oxygen atoms in total. The molecule has 0 aromatic heterocycles. The zero-order chi connectivity index (χ0) is 11.3. The van der Waals surface area contributed by atoms with Crippen molar-refractivity contribution in [1.29, 1.82) is 0 Å². The second kappa shape index (κ2) is 5.37. The molecule has 0 spiro atoms. The normalized spacial score (nSPS) is 18.9. The molecule has 15 heavy (non-hydrogen) atoms. The number of morpholine rings is 1. The summed E-state index contributed by atoms with van der Waals surface area (Å²) in [4.78, 5) is 12.9. The van der Waals surface area contributed by atoms with Crippen molar-refractivity contribution < 1.29 is 23.0 Å². The molecule has 0 radical (unpaired) electrons. The molecule has 6 heteroatoms. The maximum Gasteiger partial charge on any atom is 0.320 e. The number of hydrogen-bond acceptors (Lipinski definition) is 4. The Kier molecular flexibility index (Phi) is 4.41. The van der Waals surface area contributed by atoms with Gasteiger partial charge in [-0.15, -0.1) is 0 Å². The molecule has 0 aromatic carbocycles. The summed E-state index contributed by atoms with van der Waals surface area (Å²) in [5, 5.41) is 0. The smallest absolute Gasteiger partial charge is 0.320 e. The third-order valence-corrected chi connectivity index (χ3v) is 1.94. The Hall–Kier alpha value is -0.750. The Balaban J connectivity index is 2.17. The highest BCUT2D eigenvalue weighted by atomic mass is 19.3. The molecular formula is C9H15F2NO3. The van der Waals surface area contributed by atoms with E-state index in [2.05, 4.69) is 4.74 Å². The lowest BCUT2D eigenvalue weighted by molar-refractivity contribution is -0.155. The molecule has 0 amide bonds. The standard InChI is InChI=1S/C9H15F2NO3/c1-9(10,11)7-15-8(13)6-12-2-4-14-5-3-12/h2-7H2,1H3. The summed E-state index contributed by atoms with van der Waals surface area (Å²) < 4.78 is 34.2. The summed E-state index contributed by atoms with van der Waals surface area (Å²) in [5.74, 6) is -3.57. The first-order valence-electron chi connectivity index (χ1n) is 4.81. The van der Waals surface area contributed by atoms with E-state index in [1.54, 1.807) is 0 Å². The van der Waals surface area contributed by atoms with Crippen molar-refractivity contribution in [1.82, 2.24) is 4.90 Å². The van der Waals surface area contributed by atoms with Gasteiger partial charge in [0.05, 0.1) is 19.8 Å². The number of nitrogens with zero attached hydrogens (tertiary/aromatic N) is 1. The fourth-order valence-corrected chi connectivity index (χ4v) is 1.19. The molecule has 0 unspecified atom stereocenters. The largest absolute Gasteiger partial charge is 0.458 e. The topological polar surface area (TPSA) is 38.8 Å². The zero-order valence-corrected chi connectivity index (χ0v) is 8.67. The van der Waals surface area contributed by atoms with E-state index < -0.39 is 18.5 Å². The van der Waals surface area contributed by atoms with E-state index in [0.29, 0.717) is 26.3 Å². The van der Waals surface area contributed by atoms with Crippen molar-refractivity contribution in [2.24, 2.45) is 0 Å². The highest BCUT2D eigenvalue weighted by Gasteiger charge is 2.24. The van der Waals surface area contributed by atoms with Gasteiger partial charge < -0.3 is 9.47 Å². The van der Waals surface area contributed by atoms with Gasteiger partial charge in [0, 0.05) is 20.0 Å². The summed E-state index contributed by atoms with van der Waals surface area (Å²) in [6.07, 6.45) is 0. The summed E-state index contributed by atoms with van der Waals surface area (Å²) in [6, 6.07) is 0. The van der Waals surface area contributed by atoms with E-state index in [-0.39, 0.29) is 6.54 Å². The molecule has 0 N–H and O–H groups in total. The van der Waals surface area contributed by atoms with Gasteiger partial charge in [-0.25, -0.2) is 8.78 Å². The zero-order valence-electron chi connectivity index (χ0n) is 8.67. The molecule has 88 valence electrons. The number of carbonyl (C=O) groups is 1. The third-order valence-electron chi connectivity index (χ3n) is 1.94. The maximum atomic E-state index is 12.4. The molecule has 1 fully saturated rings. The van der Waals surface area contributed by atoms with Crippen molar-refractivity contribution in [3.8, 4) is 0 Å². The van der Waals surface area contributed by atoms with Crippen molar-refractivity contribution in [3.63, 3.8) is 0 Å². The second-order valence-corrected chi connectivity index (χ2v) is 3.62. The van der Waals surface area contributed by atoms with Crippen LogP contribution in [0, 0.1) is 0 Å². The Labute approximate surface area is 87.1 Å². The number of esters is 1. The summed E-state index contributed by atoms with van der Waals surface area (Å²) in [6.45, 7) is 2.33. The van der Waals surface area contributed by atoms with Gasteiger partial charge in [-0.05, 0) is 0 Å². The van der Waals surface area contributed by atoms with E-state index in [1.165, 1.54) is 0 Å². The number of rotatable bonds is 4. The summed E-state index contributed by atoms with van der Waals surface area (Å²) in [5.41, 5.74) is 0. The number of carbonyl (C=O) groups excluding carboxylic acids is 1. The first-order chi connectivity index (χ1) is 6.97. The first kappa shape index (κ1) is 12.3. The van der Waals surface area contributed by atoms with Crippen molar-refractivity contribution in [2.75, 3.05) is 39.5 Å². The van der Waals surface area contributed by atoms with Crippen LogP contribution in [0.15, 0.2) is 0 Å². The van der Waals surface area contributed by atoms with Crippen molar-refractivity contribution >= 4 is 5.97 Å². The third kappa shape index (κ3) is 5.64. The Morgan fingerprint density at radius 3 is 2.60 bits per heavy atom. The Morgan fingerprint density at radius 1 is 1.47 bits per heavy atom. The lowest BCUT2D eigenvalue weighted by Crippen LogP contribution is -2.40. The lowest BCUT2D eigenvalue weighted by Gasteiger charge is -2.25. The van der Waals surface area contributed by atoms with E-state index in [9.17, 15) is 13.6 Å². The van der Waals surface area contributed by atoms with E-state index in [0.717, 1.165) is 6.92 Å². The number of ether oxygens (including phenoxy) is 2. The van der Waals surface area contributed by atoms with Crippen molar-refractivity contribution in [3.05, 3.63) is 0 Å². The predicted octanol–water partition coefficient (Wildman–Crippen LogP) is 0.517. The summed E-state index contributed by atoms with van der Waals surface area (Å²) in [7, 11) is 0. The van der Waals surface area contributed by atoms with Gasteiger partial charge in [0.1, 0.15) is 0 Å². The number of hydrogen-bond donors (Lipinski definition) is 0. The van der Waals surface area contributed by atoms with E-state index in [4.69, 9.17) is 4.74 Å². The second-order valence-electron chi connectivity index (χ2n) is 3.62. The minimum absolute atomic E-state index is 0.0550. The van der Waals surface area contributed by atoms with Gasteiger partial charge in [0.15, 0.2) is 6.61 Å². The van der Waals surface area contributed by atoms with Crippen LogP contribution < -0.4 is 0 Å². The van der Waals surface area contributed by atoms with E-state index in [1.807, 2.05) is 4.90 Å². The molecule has 1 saturated heterocycles. The molecule has 1 rings (SSSR count).